The van der Waals surface area contributed by atoms with E-state index >= 15 is 0 Å². The lowest BCUT2D eigenvalue weighted by Gasteiger charge is -2.16. The largest absolute Gasteiger partial charge is 0.497 e. The topological polar surface area (TPSA) is 46.5 Å². The van der Waals surface area contributed by atoms with Crippen molar-refractivity contribution in [1.29, 1.82) is 0 Å². The SMILES string of the molecule is COc1cccc(C(F)C2(C(=O)O)CC2)c1. The van der Waals surface area contributed by atoms with Gasteiger partial charge in [-0.05, 0) is 30.5 Å². The van der Waals surface area contributed by atoms with Gasteiger partial charge in [-0.2, -0.15) is 0 Å². The van der Waals surface area contributed by atoms with Crippen LogP contribution in [0.5, 0.6) is 5.75 Å². The monoisotopic (exact) mass is 224 g/mol. The highest BCUT2D eigenvalue weighted by molar-refractivity contribution is 5.79. The third-order valence-corrected chi connectivity index (χ3v) is 3.09. The minimum absolute atomic E-state index is 0.374. The van der Waals surface area contributed by atoms with Crippen molar-refractivity contribution < 1.29 is 19.0 Å². The van der Waals surface area contributed by atoms with Gasteiger partial charge in [-0.3, -0.25) is 4.79 Å². The minimum Gasteiger partial charge on any atom is -0.497 e. The average molecular weight is 224 g/mol. The number of carbonyl (C=O) groups is 1. The lowest BCUT2D eigenvalue weighted by Crippen LogP contribution is -2.20. The van der Waals surface area contributed by atoms with Crippen LogP contribution in [0.25, 0.3) is 0 Å². The number of hydrogen-bond acceptors (Lipinski definition) is 2. The van der Waals surface area contributed by atoms with Crippen molar-refractivity contribution in [2.75, 3.05) is 7.11 Å². The van der Waals surface area contributed by atoms with Crippen molar-refractivity contribution in [2.45, 2.75) is 19.0 Å². The van der Waals surface area contributed by atoms with E-state index in [1.165, 1.54) is 7.11 Å². The fourth-order valence-electron chi connectivity index (χ4n) is 1.83. The second-order valence-electron chi connectivity index (χ2n) is 4.10. The van der Waals surface area contributed by atoms with Crippen LogP contribution >= 0.6 is 0 Å². The van der Waals surface area contributed by atoms with E-state index in [9.17, 15) is 9.18 Å². The zero-order chi connectivity index (χ0) is 11.8. The van der Waals surface area contributed by atoms with Crippen molar-refractivity contribution in [3.63, 3.8) is 0 Å². The number of carboxylic acids is 1. The number of hydrogen-bond donors (Lipinski definition) is 1. The zero-order valence-electron chi connectivity index (χ0n) is 8.94. The first kappa shape index (κ1) is 10.9. The Morgan fingerprint density at radius 1 is 1.56 bits per heavy atom. The van der Waals surface area contributed by atoms with Gasteiger partial charge in [0.05, 0.1) is 7.11 Å². The molecule has 0 bridgehead atoms. The Labute approximate surface area is 92.9 Å². The van der Waals surface area contributed by atoms with E-state index in [1.807, 2.05) is 0 Å². The quantitative estimate of drug-likeness (QED) is 0.854. The summed E-state index contributed by atoms with van der Waals surface area (Å²) in [6, 6.07) is 6.51. The maximum Gasteiger partial charge on any atom is 0.312 e. The summed E-state index contributed by atoms with van der Waals surface area (Å²) in [5, 5.41) is 8.99. The lowest BCUT2D eigenvalue weighted by atomic mass is 9.94. The molecular formula is C12H13FO3. The molecule has 1 atom stereocenters. The highest BCUT2D eigenvalue weighted by Crippen LogP contribution is 2.57. The van der Waals surface area contributed by atoms with Gasteiger partial charge in [0, 0.05) is 0 Å². The molecule has 1 saturated carbocycles. The second-order valence-corrected chi connectivity index (χ2v) is 4.10. The molecule has 16 heavy (non-hydrogen) atoms. The van der Waals surface area contributed by atoms with Gasteiger partial charge in [0.2, 0.25) is 0 Å². The number of ether oxygens (including phenoxy) is 1. The van der Waals surface area contributed by atoms with Gasteiger partial charge in [-0.25, -0.2) is 4.39 Å². The van der Waals surface area contributed by atoms with Gasteiger partial charge in [-0.1, -0.05) is 12.1 Å². The Kier molecular flexibility index (Phi) is 2.58. The van der Waals surface area contributed by atoms with E-state index in [2.05, 4.69) is 0 Å². The number of aliphatic carboxylic acids is 1. The molecule has 1 fully saturated rings. The molecular weight excluding hydrogens is 211 g/mol. The van der Waals surface area contributed by atoms with Crippen LogP contribution in [-0.4, -0.2) is 18.2 Å². The van der Waals surface area contributed by atoms with Crippen molar-refractivity contribution in [2.24, 2.45) is 5.41 Å². The van der Waals surface area contributed by atoms with E-state index in [0.29, 0.717) is 24.2 Å². The Hall–Kier alpha value is -1.58. The molecule has 4 heteroatoms. The summed E-state index contributed by atoms with van der Waals surface area (Å²) in [6.07, 6.45) is -0.651. The van der Waals surface area contributed by atoms with Crippen LogP contribution in [0.1, 0.15) is 24.6 Å². The molecule has 3 nitrogen and oxygen atoms in total. The number of benzene rings is 1. The van der Waals surface area contributed by atoms with Gasteiger partial charge >= 0.3 is 5.97 Å². The molecule has 1 aliphatic rings. The summed E-state index contributed by atoms with van der Waals surface area (Å²) in [5.74, 6) is -0.510. The Morgan fingerprint density at radius 3 is 2.75 bits per heavy atom. The summed E-state index contributed by atoms with van der Waals surface area (Å²) < 4.78 is 19.1. The smallest absolute Gasteiger partial charge is 0.312 e. The van der Waals surface area contributed by atoms with Gasteiger partial charge in [0.1, 0.15) is 17.3 Å². The van der Waals surface area contributed by atoms with E-state index in [0.717, 1.165) is 0 Å². The van der Waals surface area contributed by atoms with Gasteiger partial charge in [-0.15, -0.1) is 0 Å². The first-order valence-electron chi connectivity index (χ1n) is 5.11. The summed E-state index contributed by atoms with van der Waals surface area (Å²) >= 11 is 0. The highest BCUT2D eigenvalue weighted by Gasteiger charge is 2.57. The molecule has 1 unspecified atom stereocenters. The first-order chi connectivity index (χ1) is 7.60. The lowest BCUT2D eigenvalue weighted by molar-refractivity contribution is -0.146. The molecule has 0 saturated heterocycles. The number of halogens is 1. The van der Waals surface area contributed by atoms with Crippen molar-refractivity contribution in [3.05, 3.63) is 29.8 Å². The average Bonchev–Trinajstić information content (AvgIpc) is 3.09. The molecule has 2 rings (SSSR count). The maximum atomic E-state index is 14.1. The van der Waals surface area contributed by atoms with Crippen LogP contribution < -0.4 is 4.74 Å². The molecule has 1 N–H and O–H groups in total. The molecule has 0 aliphatic heterocycles. The van der Waals surface area contributed by atoms with Crippen LogP contribution in [-0.2, 0) is 4.79 Å². The van der Waals surface area contributed by atoms with Gasteiger partial charge < -0.3 is 9.84 Å². The van der Waals surface area contributed by atoms with Crippen LogP contribution in [0.3, 0.4) is 0 Å². The molecule has 1 aromatic carbocycles. The molecule has 0 spiro atoms. The van der Waals surface area contributed by atoms with Crippen LogP contribution in [0.4, 0.5) is 4.39 Å². The first-order valence-corrected chi connectivity index (χ1v) is 5.11. The zero-order valence-corrected chi connectivity index (χ0v) is 8.94. The normalized spacial score (nSPS) is 18.9. The van der Waals surface area contributed by atoms with E-state index in [1.54, 1.807) is 24.3 Å². The fraction of sp³-hybridized carbons (Fsp3) is 0.417. The van der Waals surface area contributed by atoms with Crippen molar-refractivity contribution >= 4 is 5.97 Å². The molecule has 86 valence electrons. The molecule has 0 aromatic heterocycles. The fourth-order valence-corrected chi connectivity index (χ4v) is 1.83. The summed E-state index contributed by atoms with van der Waals surface area (Å²) in [5.41, 5.74) is -0.828. The second kappa shape index (κ2) is 3.77. The van der Waals surface area contributed by atoms with Crippen LogP contribution in [0.15, 0.2) is 24.3 Å². The Bertz CT molecular complexity index is 412. The number of alkyl halides is 1. The number of rotatable bonds is 4. The van der Waals surface area contributed by atoms with Crippen molar-refractivity contribution in [3.8, 4) is 5.75 Å². The number of carboxylic acid groups (broad SMARTS) is 1. The Balaban J connectivity index is 2.27. The van der Waals surface area contributed by atoms with Crippen LogP contribution in [0.2, 0.25) is 0 Å². The summed E-state index contributed by atoms with van der Waals surface area (Å²) in [6.45, 7) is 0. The highest BCUT2D eigenvalue weighted by atomic mass is 19.1. The third-order valence-electron chi connectivity index (χ3n) is 3.09. The van der Waals surface area contributed by atoms with E-state index in [4.69, 9.17) is 9.84 Å². The standard InChI is InChI=1S/C12H13FO3/c1-16-9-4-2-3-8(7-9)10(13)12(5-6-12)11(14)15/h2-4,7,10H,5-6H2,1H3,(H,14,15). The van der Waals surface area contributed by atoms with Crippen molar-refractivity contribution in [1.82, 2.24) is 0 Å². The van der Waals surface area contributed by atoms with Crippen LogP contribution in [0, 0.1) is 5.41 Å². The van der Waals surface area contributed by atoms with E-state index < -0.39 is 17.6 Å². The number of methoxy groups -OCH3 is 1. The molecule has 1 aromatic rings. The van der Waals surface area contributed by atoms with Gasteiger partial charge in [0.15, 0.2) is 0 Å². The maximum absolute atomic E-state index is 14.1. The molecule has 0 heterocycles. The summed E-state index contributed by atoms with van der Waals surface area (Å²) in [7, 11) is 1.50. The predicted octanol–water partition coefficient (Wildman–Crippen LogP) is 2.57. The molecule has 1 aliphatic carbocycles. The minimum atomic E-state index is -1.46. The van der Waals surface area contributed by atoms with Gasteiger partial charge in [0.25, 0.3) is 0 Å². The predicted molar refractivity (Wildman–Crippen MR) is 56.1 cm³/mol. The van der Waals surface area contributed by atoms with E-state index in [-0.39, 0.29) is 0 Å². The third kappa shape index (κ3) is 1.64. The molecule has 0 radical (unpaired) electrons. The molecule has 0 amide bonds. The summed E-state index contributed by atoms with van der Waals surface area (Å²) in [4.78, 5) is 11.0. The Morgan fingerprint density at radius 2 is 2.25 bits per heavy atom.